The van der Waals surface area contributed by atoms with Crippen LogP contribution in [0.3, 0.4) is 0 Å². The second kappa shape index (κ2) is 6.12. The Kier molecular flexibility index (Phi) is 4.50. The van der Waals surface area contributed by atoms with Gasteiger partial charge in [-0.25, -0.2) is 0 Å². The Balaban J connectivity index is 2.01. The maximum absolute atomic E-state index is 12.1. The molecule has 0 unspecified atom stereocenters. The van der Waals surface area contributed by atoms with Crippen molar-refractivity contribution in [2.75, 3.05) is 31.6 Å². The number of hydrogen-bond acceptors (Lipinski definition) is 3. The quantitative estimate of drug-likeness (QED) is 0.797. The number of hydrogen-bond donors (Lipinski definition) is 1. The highest BCUT2D eigenvalue weighted by Gasteiger charge is 2.20. The van der Waals surface area contributed by atoms with Gasteiger partial charge >= 0.3 is 0 Å². The van der Waals surface area contributed by atoms with Crippen molar-refractivity contribution in [2.24, 2.45) is 0 Å². The zero-order valence-electron chi connectivity index (χ0n) is 11.2. The molecule has 0 spiro atoms. The molecule has 0 radical (unpaired) electrons. The molecule has 1 saturated heterocycles. The van der Waals surface area contributed by atoms with E-state index < -0.39 is 0 Å². The number of carbonyl (C=O) groups excluding carboxylic acids is 1. The van der Waals surface area contributed by atoms with Crippen molar-refractivity contribution >= 4 is 28.8 Å². The lowest BCUT2D eigenvalue weighted by molar-refractivity contribution is -0.111. The number of ether oxygens (including phenoxy) is 1. The molecule has 0 aliphatic carbocycles. The van der Waals surface area contributed by atoms with Crippen LogP contribution in [-0.2, 0) is 9.53 Å². The maximum atomic E-state index is 12.1. The molecule has 1 heterocycles. The molecule has 0 bridgehead atoms. The number of carbonyl (C=O) groups is 1. The average Bonchev–Trinajstić information content (AvgIpc) is 2.42. The van der Waals surface area contributed by atoms with E-state index >= 15 is 0 Å². The molecule has 1 fully saturated rings. The van der Waals surface area contributed by atoms with Crippen LogP contribution in [0.1, 0.15) is 11.1 Å². The Labute approximate surface area is 118 Å². The van der Waals surface area contributed by atoms with Gasteiger partial charge in [0.05, 0.1) is 13.2 Å². The van der Waals surface area contributed by atoms with Crippen molar-refractivity contribution < 1.29 is 9.53 Å². The van der Waals surface area contributed by atoms with E-state index in [-0.39, 0.29) is 5.91 Å². The summed E-state index contributed by atoms with van der Waals surface area (Å²) in [6.07, 6.45) is 0. The second-order valence-electron chi connectivity index (χ2n) is 4.68. The summed E-state index contributed by atoms with van der Waals surface area (Å²) in [5.41, 5.74) is 3.02. The molecule has 102 valence electrons. The third-order valence-corrected chi connectivity index (χ3v) is 3.57. The van der Waals surface area contributed by atoms with Crippen LogP contribution in [0.4, 0.5) is 5.69 Å². The molecule has 1 aromatic carbocycles. The molecule has 1 amide bonds. The average molecular weight is 278 g/mol. The van der Waals surface area contributed by atoms with E-state index in [4.69, 9.17) is 17.0 Å². The highest BCUT2D eigenvalue weighted by atomic mass is 32.1. The summed E-state index contributed by atoms with van der Waals surface area (Å²) in [5.74, 6) is -0.219. The molecule has 1 N–H and O–H groups in total. The van der Waals surface area contributed by atoms with E-state index in [2.05, 4.69) is 5.32 Å². The Morgan fingerprint density at radius 2 is 2.00 bits per heavy atom. The molecule has 0 atom stereocenters. The molecule has 1 aliphatic rings. The fraction of sp³-hybridized carbons (Fsp3) is 0.429. The van der Waals surface area contributed by atoms with E-state index in [1.165, 1.54) is 5.56 Å². The summed E-state index contributed by atoms with van der Waals surface area (Å²) in [7, 11) is 0. The molecule has 1 aliphatic heterocycles. The first kappa shape index (κ1) is 14.0. The smallest absolute Gasteiger partial charge is 0.283 e. The fourth-order valence-corrected chi connectivity index (χ4v) is 2.27. The van der Waals surface area contributed by atoms with Gasteiger partial charge < -0.3 is 15.0 Å². The van der Waals surface area contributed by atoms with Crippen LogP contribution in [0.25, 0.3) is 0 Å². The summed E-state index contributed by atoms with van der Waals surface area (Å²) in [6, 6.07) is 5.91. The van der Waals surface area contributed by atoms with Crippen LogP contribution in [0.15, 0.2) is 18.2 Å². The van der Waals surface area contributed by atoms with E-state index in [1.807, 2.05) is 36.9 Å². The van der Waals surface area contributed by atoms with Crippen LogP contribution in [-0.4, -0.2) is 42.1 Å². The van der Waals surface area contributed by atoms with E-state index in [9.17, 15) is 4.79 Å². The lowest BCUT2D eigenvalue weighted by Gasteiger charge is -2.28. The third-order valence-electron chi connectivity index (χ3n) is 3.12. The zero-order chi connectivity index (χ0) is 13.8. The number of rotatable bonds is 1. The lowest BCUT2D eigenvalue weighted by Crippen LogP contribution is -2.44. The molecule has 2 rings (SSSR count). The predicted molar refractivity (Wildman–Crippen MR) is 79.5 cm³/mol. The van der Waals surface area contributed by atoms with E-state index in [1.54, 1.807) is 0 Å². The van der Waals surface area contributed by atoms with E-state index in [0.29, 0.717) is 31.3 Å². The molecule has 0 saturated carbocycles. The van der Waals surface area contributed by atoms with Gasteiger partial charge in [0.2, 0.25) is 0 Å². The first-order valence-electron chi connectivity index (χ1n) is 6.33. The van der Waals surface area contributed by atoms with Crippen LogP contribution in [0, 0.1) is 13.8 Å². The summed E-state index contributed by atoms with van der Waals surface area (Å²) < 4.78 is 5.25. The van der Waals surface area contributed by atoms with Crippen LogP contribution >= 0.6 is 12.2 Å². The van der Waals surface area contributed by atoms with Crippen molar-refractivity contribution in [3.05, 3.63) is 29.3 Å². The minimum absolute atomic E-state index is 0.219. The van der Waals surface area contributed by atoms with Crippen LogP contribution in [0.5, 0.6) is 0 Å². The highest BCUT2D eigenvalue weighted by molar-refractivity contribution is 7.82. The minimum Gasteiger partial charge on any atom is -0.378 e. The number of nitrogens with one attached hydrogen (secondary N) is 1. The molecule has 1 aromatic rings. The summed E-state index contributed by atoms with van der Waals surface area (Å²) in [6.45, 7) is 6.60. The van der Waals surface area contributed by atoms with Gasteiger partial charge in [-0.3, -0.25) is 4.79 Å². The summed E-state index contributed by atoms with van der Waals surface area (Å²) in [5, 5.41) is 2.87. The van der Waals surface area contributed by atoms with Gasteiger partial charge in [-0.15, -0.1) is 0 Å². The second-order valence-corrected chi connectivity index (χ2v) is 5.06. The molecule has 4 nitrogen and oxygen atoms in total. The van der Waals surface area contributed by atoms with Crippen molar-refractivity contribution in [1.29, 1.82) is 0 Å². The Morgan fingerprint density at radius 3 is 2.63 bits per heavy atom. The molecular formula is C14H18N2O2S. The zero-order valence-corrected chi connectivity index (χ0v) is 12.0. The largest absolute Gasteiger partial charge is 0.378 e. The number of thiocarbonyl (C=S) groups is 1. The number of aryl methyl sites for hydroxylation is 2. The summed E-state index contributed by atoms with van der Waals surface area (Å²) >= 11 is 5.22. The number of benzene rings is 1. The highest BCUT2D eigenvalue weighted by Crippen LogP contribution is 2.16. The monoisotopic (exact) mass is 278 g/mol. The normalized spacial score (nSPS) is 15.2. The van der Waals surface area contributed by atoms with E-state index in [0.717, 1.165) is 11.3 Å². The Hall–Kier alpha value is -1.46. The molecule has 19 heavy (non-hydrogen) atoms. The van der Waals surface area contributed by atoms with Crippen LogP contribution < -0.4 is 5.32 Å². The van der Waals surface area contributed by atoms with Gasteiger partial charge in [0.1, 0.15) is 0 Å². The number of morpholine rings is 1. The molecule has 0 aromatic heterocycles. The first-order valence-corrected chi connectivity index (χ1v) is 6.74. The third kappa shape index (κ3) is 3.52. The van der Waals surface area contributed by atoms with Gasteiger partial charge in [0.15, 0.2) is 4.99 Å². The van der Waals surface area contributed by atoms with Crippen molar-refractivity contribution in [1.82, 2.24) is 4.90 Å². The SMILES string of the molecule is Cc1ccc(NC(=O)C(=S)N2CCOCC2)c(C)c1. The first-order chi connectivity index (χ1) is 9.08. The Bertz CT molecular complexity index is 496. The van der Waals surface area contributed by atoms with Crippen molar-refractivity contribution in [3.8, 4) is 0 Å². The minimum atomic E-state index is -0.219. The van der Waals surface area contributed by atoms with Crippen molar-refractivity contribution in [2.45, 2.75) is 13.8 Å². The molecular weight excluding hydrogens is 260 g/mol. The summed E-state index contributed by atoms with van der Waals surface area (Å²) in [4.78, 5) is 14.3. The van der Waals surface area contributed by atoms with Crippen LogP contribution in [0.2, 0.25) is 0 Å². The van der Waals surface area contributed by atoms with Crippen molar-refractivity contribution in [3.63, 3.8) is 0 Å². The van der Waals surface area contributed by atoms with Gasteiger partial charge in [-0.05, 0) is 25.5 Å². The van der Waals surface area contributed by atoms with Gasteiger partial charge in [0, 0.05) is 18.8 Å². The standard InChI is InChI=1S/C14H18N2O2S/c1-10-3-4-12(11(2)9-10)15-13(17)14(19)16-5-7-18-8-6-16/h3-4,9H,5-8H2,1-2H3,(H,15,17). The number of anilines is 1. The maximum Gasteiger partial charge on any atom is 0.283 e. The number of amides is 1. The van der Waals surface area contributed by atoms with Gasteiger partial charge in [-0.1, -0.05) is 29.9 Å². The van der Waals surface area contributed by atoms with Gasteiger partial charge in [-0.2, -0.15) is 0 Å². The Morgan fingerprint density at radius 1 is 1.32 bits per heavy atom. The topological polar surface area (TPSA) is 41.6 Å². The van der Waals surface area contributed by atoms with Gasteiger partial charge in [0.25, 0.3) is 5.91 Å². The molecule has 5 heteroatoms. The fourth-order valence-electron chi connectivity index (χ4n) is 2.04. The number of nitrogens with zero attached hydrogens (tertiary/aromatic N) is 1. The lowest BCUT2D eigenvalue weighted by atomic mass is 10.1. The predicted octanol–water partition coefficient (Wildman–Crippen LogP) is 1.90.